The van der Waals surface area contributed by atoms with Gasteiger partial charge >= 0.3 is 12.1 Å². The van der Waals surface area contributed by atoms with Gasteiger partial charge in [0.25, 0.3) is 0 Å². The highest BCUT2D eigenvalue weighted by molar-refractivity contribution is 9.10. The summed E-state index contributed by atoms with van der Waals surface area (Å²) >= 11 is 3.33. The molecule has 29 heavy (non-hydrogen) atoms. The number of hydrogen-bond acceptors (Lipinski definition) is 4. The summed E-state index contributed by atoms with van der Waals surface area (Å²) in [5.74, 6) is -3.35. The van der Waals surface area contributed by atoms with Crippen LogP contribution in [0.4, 0.5) is 13.6 Å². The molecule has 0 spiro atoms. The van der Waals surface area contributed by atoms with Crippen molar-refractivity contribution < 1.29 is 27.8 Å². The molecule has 1 N–H and O–H groups in total. The topological polar surface area (TPSA) is 64.6 Å². The highest BCUT2D eigenvalue weighted by atomic mass is 79.9. The summed E-state index contributed by atoms with van der Waals surface area (Å²) in [6.45, 7) is 1.68. The number of esters is 1. The summed E-state index contributed by atoms with van der Waals surface area (Å²) in [5, 5.41) is 2.57. The molecule has 8 heteroatoms. The standard InChI is InChI=1S/C21H20BrF2NO4/c1-13-4-3-5-16(17(13)18(26)28-2)29-19(27)25-12-20(10-21(23,24)11-20)14-6-8-15(22)9-7-14/h3-9H,10-12H2,1-2H3,(H,25,27). The molecule has 1 fully saturated rings. The van der Waals surface area contributed by atoms with Crippen LogP contribution in [-0.2, 0) is 10.2 Å². The van der Waals surface area contributed by atoms with Gasteiger partial charge in [0.15, 0.2) is 0 Å². The zero-order valence-electron chi connectivity index (χ0n) is 15.9. The maximum Gasteiger partial charge on any atom is 0.412 e. The van der Waals surface area contributed by atoms with Crippen molar-refractivity contribution in [3.05, 3.63) is 63.6 Å². The minimum absolute atomic E-state index is 0.0115. The monoisotopic (exact) mass is 467 g/mol. The SMILES string of the molecule is COC(=O)c1c(C)cccc1OC(=O)NCC1(c2ccc(Br)cc2)CC(F)(F)C1. The summed E-state index contributed by atoms with van der Waals surface area (Å²) in [6, 6.07) is 11.9. The van der Waals surface area contributed by atoms with Crippen LogP contribution in [0.15, 0.2) is 46.9 Å². The van der Waals surface area contributed by atoms with E-state index in [4.69, 9.17) is 9.47 Å². The van der Waals surface area contributed by atoms with E-state index in [-0.39, 0.29) is 30.7 Å². The van der Waals surface area contributed by atoms with E-state index >= 15 is 0 Å². The Morgan fingerprint density at radius 1 is 1.14 bits per heavy atom. The van der Waals surface area contributed by atoms with Crippen LogP contribution in [0, 0.1) is 6.92 Å². The first-order valence-corrected chi connectivity index (χ1v) is 9.73. The average Bonchev–Trinajstić information content (AvgIpc) is 2.64. The lowest BCUT2D eigenvalue weighted by Crippen LogP contribution is -2.55. The number of aryl methyl sites for hydroxylation is 1. The Kier molecular flexibility index (Phi) is 5.93. The Bertz CT molecular complexity index is 923. The Hall–Kier alpha value is -2.48. The molecule has 1 amide bonds. The molecule has 1 saturated carbocycles. The van der Waals surface area contributed by atoms with Crippen LogP contribution in [0.3, 0.4) is 0 Å². The minimum Gasteiger partial charge on any atom is -0.465 e. The molecule has 0 saturated heterocycles. The Morgan fingerprint density at radius 3 is 2.38 bits per heavy atom. The van der Waals surface area contributed by atoms with Crippen molar-refractivity contribution >= 4 is 28.0 Å². The van der Waals surface area contributed by atoms with Gasteiger partial charge < -0.3 is 14.8 Å². The first-order chi connectivity index (χ1) is 13.7. The molecular weight excluding hydrogens is 448 g/mol. The molecule has 1 aliphatic rings. The number of nitrogens with one attached hydrogen (secondary N) is 1. The van der Waals surface area contributed by atoms with Gasteiger partial charge in [0.2, 0.25) is 5.92 Å². The van der Waals surface area contributed by atoms with Gasteiger partial charge in [-0.15, -0.1) is 0 Å². The molecule has 0 bridgehead atoms. The van der Waals surface area contributed by atoms with Gasteiger partial charge in [-0.3, -0.25) is 0 Å². The first kappa shape index (κ1) is 21.2. The van der Waals surface area contributed by atoms with Crippen molar-refractivity contribution in [2.24, 2.45) is 0 Å². The number of rotatable bonds is 5. The van der Waals surface area contributed by atoms with Gasteiger partial charge in [-0.05, 0) is 36.2 Å². The number of alkyl halides is 2. The van der Waals surface area contributed by atoms with Crippen molar-refractivity contribution in [2.75, 3.05) is 13.7 Å². The van der Waals surface area contributed by atoms with Crippen LogP contribution in [-0.4, -0.2) is 31.6 Å². The zero-order valence-corrected chi connectivity index (χ0v) is 17.5. The van der Waals surface area contributed by atoms with E-state index in [1.807, 2.05) is 0 Å². The van der Waals surface area contributed by atoms with E-state index in [1.54, 1.807) is 43.3 Å². The number of carbonyl (C=O) groups excluding carboxylic acids is 2. The molecule has 0 unspecified atom stereocenters. The third kappa shape index (κ3) is 4.58. The molecule has 0 aliphatic heterocycles. The molecule has 154 valence electrons. The van der Waals surface area contributed by atoms with E-state index in [1.165, 1.54) is 13.2 Å². The maximum absolute atomic E-state index is 13.7. The minimum atomic E-state index is -2.77. The van der Waals surface area contributed by atoms with E-state index in [0.717, 1.165) is 10.0 Å². The summed E-state index contributed by atoms with van der Waals surface area (Å²) < 4.78 is 38.2. The molecule has 1 aliphatic carbocycles. The quantitative estimate of drug-likeness (QED) is 0.628. The highest BCUT2D eigenvalue weighted by Gasteiger charge is 2.57. The second-order valence-corrected chi connectivity index (χ2v) is 8.10. The fourth-order valence-corrected chi connectivity index (χ4v) is 3.90. The van der Waals surface area contributed by atoms with Crippen molar-refractivity contribution in [2.45, 2.75) is 31.1 Å². The highest BCUT2D eigenvalue weighted by Crippen LogP contribution is 2.53. The van der Waals surface area contributed by atoms with Gasteiger partial charge in [-0.2, -0.15) is 0 Å². The van der Waals surface area contributed by atoms with E-state index in [2.05, 4.69) is 21.2 Å². The van der Waals surface area contributed by atoms with Crippen molar-refractivity contribution in [3.63, 3.8) is 0 Å². The second kappa shape index (κ2) is 8.10. The largest absolute Gasteiger partial charge is 0.465 e. The molecule has 3 rings (SSSR count). The fourth-order valence-electron chi connectivity index (χ4n) is 3.64. The molecule has 0 heterocycles. The number of benzene rings is 2. The smallest absolute Gasteiger partial charge is 0.412 e. The average molecular weight is 468 g/mol. The molecular formula is C21H20BrF2NO4. The van der Waals surface area contributed by atoms with E-state index in [9.17, 15) is 18.4 Å². The van der Waals surface area contributed by atoms with Crippen LogP contribution in [0.25, 0.3) is 0 Å². The Morgan fingerprint density at radius 2 is 1.79 bits per heavy atom. The second-order valence-electron chi connectivity index (χ2n) is 7.18. The number of ether oxygens (including phenoxy) is 2. The van der Waals surface area contributed by atoms with Crippen molar-refractivity contribution in [1.82, 2.24) is 5.32 Å². The number of carbonyl (C=O) groups is 2. The van der Waals surface area contributed by atoms with Crippen LogP contribution in [0.5, 0.6) is 5.75 Å². The normalized spacial score (nSPS) is 16.4. The predicted molar refractivity (Wildman–Crippen MR) is 107 cm³/mol. The molecule has 2 aromatic carbocycles. The number of hydrogen-bond donors (Lipinski definition) is 1. The van der Waals surface area contributed by atoms with Gasteiger partial charge in [0, 0.05) is 29.3 Å². The first-order valence-electron chi connectivity index (χ1n) is 8.93. The molecule has 0 aromatic heterocycles. The lowest BCUT2D eigenvalue weighted by Gasteiger charge is -2.47. The Balaban J connectivity index is 1.73. The lowest BCUT2D eigenvalue weighted by molar-refractivity contribution is -0.125. The number of amides is 1. The molecule has 2 aromatic rings. The zero-order chi connectivity index (χ0) is 21.2. The van der Waals surface area contributed by atoms with Crippen LogP contribution >= 0.6 is 15.9 Å². The van der Waals surface area contributed by atoms with Gasteiger partial charge in [0.05, 0.1) is 7.11 Å². The maximum atomic E-state index is 13.7. The van der Waals surface area contributed by atoms with Gasteiger partial charge in [-0.1, -0.05) is 40.2 Å². The molecule has 0 radical (unpaired) electrons. The molecule has 0 atom stereocenters. The van der Waals surface area contributed by atoms with Crippen LogP contribution < -0.4 is 10.1 Å². The van der Waals surface area contributed by atoms with Crippen LogP contribution in [0.1, 0.15) is 34.3 Å². The third-order valence-electron chi connectivity index (χ3n) is 5.05. The predicted octanol–water partition coefficient (Wildman–Crippen LogP) is 5.00. The summed E-state index contributed by atoms with van der Waals surface area (Å²) in [6.07, 6.45) is -1.55. The Labute approximate surface area is 175 Å². The van der Waals surface area contributed by atoms with Gasteiger partial charge in [-0.25, -0.2) is 18.4 Å². The van der Waals surface area contributed by atoms with E-state index < -0.39 is 23.4 Å². The third-order valence-corrected chi connectivity index (χ3v) is 5.58. The summed E-state index contributed by atoms with van der Waals surface area (Å²) in [5.41, 5.74) is 0.578. The lowest BCUT2D eigenvalue weighted by atomic mass is 9.62. The van der Waals surface area contributed by atoms with Crippen molar-refractivity contribution in [3.8, 4) is 5.75 Å². The van der Waals surface area contributed by atoms with Crippen LogP contribution in [0.2, 0.25) is 0 Å². The summed E-state index contributed by atoms with van der Waals surface area (Å²) in [4.78, 5) is 24.3. The van der Waals surface area contributed by atoms with Gasteiger partial charge in [0.1, 0.15) is 11.3 Å². The van der Waals surface area contributed by atoms with E-state index in [0.29, 0.717) is 5.56 Å². The fraction of sp³-hybridized carbons (Fsp3) is 0.333. The molecule has 5 nitrogen and oxygen atoms in total. The number of methoxy groups -OCH3 is 1. The summed E-state index contributed by atoms with van der Waals surface area (Å²) in [7, 11) is 1.23. The number of halogens is 3. The van der Waals surface area contributed by atoms with Crippen molar-refractivity contribution in [1.29, 1.82) is 0 Å².